The second-order valence-electron chi connectivity index (χ2n) is 12.2. The number of H-pyrrole nitrogens is 1. The van der Waals surface area contributed by atoms with Gasteiger partial charge in [0.1, 0.15) is 5.75 Å². The molecule has 4 heterocycles. The summed E-state index contributed by atoms with van der Waals surface area (Å²) in [5.74, 6) is 0.338. The standard InChI is InChI=1S/C35H41N5O4/c1-21-31(36-23(3)32(21)35(43)40-17-7-8-26(40)20-39-15-5-6-16-39)19-29-28-18-25(11-14-30(28)38-34(29)42)33(41)37-22(2)24-9-12-27(44-4)13-10-24/h9-14,18-19,22,26,36H,5-8,15-17,20H2,1-4H3,(H,37,41)(H,38,42)/b29-19-/t22-,26+/m1/s1. The number of hydrogen-bond acceptors (Lipinski definition) is 5. The zero-order valence-corrected chi connectivity index (χ0v) is 26.0. The molecule has 2 saturated heterocycles. The zero-order valence-electron chi connectivity index (χ0n) is 26.0. The van der Waals surface area contributed by atoms with E-state index in [1.807, 2.05) is 49.9 Å². The lowest BCUT2D eigenvalue weighted by atomic mass is 10.0. The van der Waals surface area contributed by atoms with E-state index >= 15 is 0 Å². The molecule has 2 fully saturated rings. The summed E-state index contributed by atoms with van der Waals surface area (Å²) in [4.78, 5) is 48.1. The summed E-state index contributed by atoms with van der Waals surface area (Å²) in [7, 11) is 1.62. The fraction of sp³-hybridized carbons (Fsp3) is 0.400. The average molecular weight is 596 g/mol. The number of rotatable bonds is 8. The highest BCUT2D eigenvalue weighted by atomic mass is 16.5. The van der Waals surface area contributed by atoms with Crippen LogP contribution < -0.4 is 15.4 Å². The molecule has 3 N–H and O–H groups in total. The number of amides is 3. The predicted molar refractivity (Wildman–Crippen MR) is 172 cm³/mol. The van der Waals surface area contributed by atoms with Crippen molar-refractivity contribution in [2.75, 3.05) is 38.6 Å². The topological polar surface area (TPSA) is 107 Å². The van der Waals surface area contributed by atoms with Gasteiger partial charge in [0.05, 0.1) is 24.3 Å². The van der Waals surface area contributed by atoms with Crippen molar-refractivity contribution >= 4 is 35.1 Å². The van der Waals surface area contributed by atoms with E-state index in [0.29, 0.717) is 28.0 Å². The van der Waals surface area contributed by atoms with E-state index in [4.69, 9.17) is 4.74 Å². The molecule has 0 unspecified atom stereocenters. The number of ether oxygens (including phenoxy) is 1. The first-order valence-corrected chi connectivity index (χ1v) is 15.6. The zero-order chi connectivity index (χ0) is 31.0. The number of nitrogens with zero attached hydrogens (tertiary/aromatic N) is 2. The minimum atomic E-state index is -0.242. The number of likely N-dealkylation sites (tertiary alicyclic amines) is 2. The molecule has 2 atom stereocenters. The highest BCUT2D eigenvalue weighted by Crippen LogP contribution is 2.35. The third-order valence-corrected chi connectivity index (χ3v) is 9.31. The number of anilines is 1. The Hall–Kier alpha value is -4.37. The van der Waals surface area contributed by atoms with Gasteiger partial charge in [-0.3, -0.25) is 14.4 Å². The van der Waals surface area contributed by atoms with Crippen LogP contribution in [0.5, 0.6) is 5.75 Å². The van der Waals surface area contributed by atoms with Crippen molar-refractivity contribution in [3.63, 3.8) is 0 Å². The molecular formula is C35H41N5O4. The lowest BCUT2D eigenvalue weighted by Gasteiger charge is -2.28. The van der Waals surface area contributed by atoms with E-state index in [-0.39, 0.29) is 29.8 Å². The Morgan fingerprint density at radius 2 is 1.82 bits per heavy atom. The number of aryl methyl sites for hydroxylation is 1. The quantitative estimate of drug-likeness (QED) is 0.306. The molecule has 3 aliphatic rings. The van der Waals surface area contributed by atoms with Crippen molar-refractivity contribution in [3.05, 3.63) is 81.7 Å². The summed E-state index contributed by atoms with van der Waals surface area (Å²) < 4.78 is 5.23. The van der Waals surface area contributed by atoms with Crippen molar-refractivity contribution in [3.8, 4) is 5.75 Å². The van der Waals surface area contributed by atoms with Crippen molar-refractivity contribution in [1.29, 1.82) is 0 Å². The maximum Gasteiger partial charge on any atom is 0.256 e. The second kappa shape index (κ2) is 12.3. The van der Waals surface area contributed by atoms with Gasteiger partial charge >= 0.3 is 0 Å². The molecule has 9 nitrogen and oxygen atoms in total. The molecule has 0 radical (unpaired) electrons. The molecular weight excluding hydrogens is 554 g/mol. The Morgan fingerprint density at radius 3 is 2.55 bits per heavy atom. The summed E-state index contributed by atoms with van der Waals surface area (Å²) in [5, 5.41) is 5.96. The Labute approximate surface area is 258 Å². The summed E-state index contributed by atoms with van der Waals surface area (Å²) in [6.07, 6.45) is 6.33. The van der Waals surface area contributed by atoms with Gasteiger partial charge < -0.3 is 30.2 Å². The van der Waals surface area contributed by atoms with Crippen LogP contribution in [-0.2, 0) is 4.79 Å². The summed E-state index contributed by atoms with van der Waals surface area (Å²) >= 11 is 0. The molecule has 3 amide bonds. The van der Waals surface area contributed by atoms with Gasteiger partial charge in [0.15, 0.2) is 0 Å². The van der Waals surface area contributed by atoms with Gasteiger partial charge in [-0.15, -0.1) is 0 Å². The van der Waals surface area contributed by atoms with Gasteiger partial charge in [-0.2, -0.15) is 0 Å². The number of methoxy groups -OCH3 is 1. The molecule has 3 aliphatic heterocycles. The third kappa shape index (κ3) is 5.76. The van der Waals surface area contributed by atoms with Crippen LogP contribution in [0.3, 0.4) is 0 Å². The van der Waals surface area contributed by atoms with Crippen LogP contribution in [0.25, 0.3) is 11.6 Å². The number of fused-ring (bicyclic) bond motifs is 1. The van der Waals surface area contributed by atoms with Crippen LogP contribution in [0.4, 0.5) is 5.69 Å². The Balaban J connectivity index is 1.22. The maximum atomic E-state index is 13.9. The molecule has 3 aromatic rings. The van der Waals surface area contributed by atoms with Crippen LogP contribution >= 0.6 is 0 Å². The van der Waals surface area contributed by atoms with Crippen LogP contribution in [0.15, 0.2) is 42.5 Å². The number of hydrogen-bond donors (Lipinski definition) is 3. The SMILES string of the molecule is COc1ccc([C@@H](C)NC(=O)c2ccc3c(c2)/C(=C/c2[nH]c(C)c(C(=O)N4CCC[C@H]4CN4CCCC4)c2C)C(=O)N3)cc1. The third-order valence-electron chi connectivity index (χ3n) is 9.31. The maximum absolute atomic E-state index is 13.9. The normalized spacial score (nSPS) is 19.7. The number of aromatic amines is 1. The molecule has 2 aromatic carbocycles. The average Bonchev–Trinajstić information content (AvgIpc) is 3.81. The highest BCUT2D eigenvalue weighted by molar-refractivity contribution is 6.35. The molecule has 9 heteroatoms. The van der Waals surface area contributed by atoms with Crippen molar-refractivity contribution in [2.45, 2.75) is 58.5 Å². The van der Waals surface area contributed by atoms with Gasteiger partial charge in [-0.05, 0) is 107 Å². The summed E-state index contributed by atoms with van der Waals surface area (Å²) in [5.41, 5.74) is 6.21. The number of aromatic nitrogens is 1. The van der Waals surface area contributed by atoms with E-state index in [1.54, 1.807) is 31.4 Å². The van der Waals surface area contributed by atoms with E-state index in [1.165, 1.54) is 12.8 Å². The van der Waals surface area contributed by atoms with Crippen molar-refractivity contribution < 1.29 is 19.1 Å². The van der Waals surface area contributed by atoms with Crippen molar-refractivity contribution in [2.24, 2.45) is 0 Å². The van der Waals surface area contributed by atoms with Crippen LogP contribution in [-0.4, -0.2) is 71.8 Å². The Morgan fingerprint density at radius 1 is 1.07 bits per heavy atom. The molecule has 230 valence electrons. The lowest BCUT2D eigenvalue weighted by molar-refractivity contribution is -0.110. The molecule has 0 saturated carbocycles. The minimum absolute atomic E-state index is 0.0591. The highest BCUT2D eigenvalue weighted by Gasteiger charge is 2.34. The largest absolute Gasteiger partial charge is 0.497 e. The number of carbonyl (C=O) groups excluding carboxylic acids is 3. The second-order valence-corrected chi connectivity index (χ2v) is 12.2. The van der Waals surface area contributed by atoms with Crippen LogP contribution in [0.1, 0.15) is 87.4 Å². The lowest BCUT2D eigenvalue weighted by Crippen LogP contribution is -2.42. The fourth-order valence-electron chi connectivity index (χ4n) is 6.81. The van der Waals surface area contributed by atoms with Crippen molar-refractivity contribution in [1.82, 2.24) is 20.1 Å². The molecule has 0 aliphatic carbocycles. The first kappa shape index (κ1) is 29.7. The van der Waals surface area contributed by atoms with Gasteiger partial charge in [0.25, 0.3) is 17.7 Å². The Bertz CT molecular complexity index is 1620. The van der Waals surface area contributed by atoms with Gasteiger partial charge in [-0.25, -0.2) is 0 Å². The van der Waals surface area contributed by atoms with E-state index < -0.39 is 0 Å². The fourth-order valence-corrected chi connectivity index (χ4v) is 6.81. The Kier molecular flexibility index (Phi) is 8.31. The first-order chi connectivity index (χ1) is 21.2. The van der Waals surface area contributed by atoms with E-state index in [0.717, 1.165) is 67.3 Å². The van der Waals surface area contributed by atoms with E-state index in [9.17, 15) is 14.4 Å². The number of benzene rings is 2. The predicted octanol–water partition coefficient (Wildman–Crippen LogP) is 5.32. The molecule has 1 aromatic heterocycles. The molecule has 6 rings (SSSR count). The summed E-state index contributed by atoms with van der Waals surface area (Å²) in [6.45, 7) is 9.73. The monoisotopic (exact) mass is 595 g/mol. The van der Waals surface area contributed by atoms with Crippen LogP contribution in [0, 0.1) is 13.8 Å². The molecule has 0 spiro atoms. The molecule has 0 bridgehead atoms. The van der Waals surface area contributed by atoms with Gasteiger partial charge in [-0.1, -0.05) is 12.1 Å². The first-order valence-electron chi connectivity index (χ1n) is 15.6. The smallest absolute Gasteiger partial charge is 0.256 e. The number of nitrogens with one attached hydrogen (secondary N) is 3. The van der Waals surface area contributed by atoms with Gasteiger partial charge in [0, 0.05) is 47.3 Å². The van der Waals surface area contributed by atoms with E-state index in [2.05, 4.69) is 20.5 Å². The van der Waals surface area contributed by atoms with Crippen LogP contribution in [0.2, 0.25) is 0 Å². The summed E-state index contributed by atoms with van der Waals surface area (Å²) in [6, 6.07) is 12.8. The minimum Gasteiger partial charge on any atom is -0.497 e. The number of carbonyl (C=O) groups is 3. The van der Waals surface area contributed by atoms with Gasteiger partial charge in [0.2, 0.25) is 0 Å². The molecule has 44 heavy (non-hydrogen) atoms.